The summed E-state index contributed by atoms with van der Waals surface area (Å²) in [7, 11) is 0. The largest absolute Gasteiger partial charge is 0.493 e. The average molecular weight is 277 g/mol. The summed E-state index contributed by atoms with van der Waals surface area (Å²) >= 11 is 0. The van der Waals surface area contributed by atoms with Crippen LogP contribution in [0.25, 0.3) is 0 Å². The number of hydrogen-bond donors (Lipinski definition) is 1. The second-order valence-corrected chi connectivity index (χ2v) is 5.85. The highest BCUT2D eigenvalue weighted by Gasteiger charge is 2.03. The second kappa shape index (κ2) is 9.82. The Bertz CT molecular complexity index is 312. The number of aryl methyl sites for hydroxylation is 1. The molecule has 0 aliphatic rings. The zero-order chi connectivity index (χ0) is 14.8. The lowest BCUT2D eigenvalue weighted by Gasteiger charge is -2.13. The highest BCUT2D eigenvalue weighted by molar-refractivity contribution is 5.27. The van der Waals surface area contributed by atoms with Gasteiger partial charge in [0.25, 0.3) is 0 Å². The quantitative estimate of drug-likeness (QED) is 0.683. The molecule has 2 unspecified atom stereocenters. The molecule has 0 aliphatic carbocycles. The summed E-state index contributed by atoms with van der Waals surface area (Å²) in [6, 6.07) is 9.18. The first kappa shape index (κ1) is 17.0. The Kier molecular flexibility index (Phi) is 8.36. The van der Waals surface area contributed by atoms with Gasteiger partial charge in [-0.15, -0.1) is 0 Å². The number of benzene rings is 1. The molecule has 1 N–H and O–H groups in total. The van der Waals surface area contributed by atoms with Crippen molar-refractivity contribution in [1.29, 1.82) is 0 Å². The molecule has 0 aliphatic heterocycles. The Labute approximate surface area is 124 Å². The third kappa shape index (κ3) is 6.95. The predicted molar refractivity (Wildman–Crippen MR) is 87.5 cm³/mol. The SMILES string of the molecule is CCCC(C)COc1ccc(CCC(C)NCC)cc1. The lowest BCUT2D eigenvalue weighted by atomic mass is 10.1. The minimum Gasteiger partial charge on any atom is -0.493 e. The van der Waals surface area contributed by atoms with Crippen LogP contribution in [0.4, 0.5) is 0 Å². The van der Waals surface area contributed by atoms with E-state index in [1.165, 1.54) is 24.8 Å². The van der Waals surface area contributed by atoms with E-state index in [0.717, 1.165) is 25.3 Å². The molecule has 2 nitrogen and oxygen atoms in total. The van der Waals surface area contributed by atoms with Crippen molar-refractivity contribution >= 4 is 0 Å². The first-order valence-electron chi connectivity index (χ1n) is 8.10. The van der Waals surface area contributed by atoms with Gasteiger partial charge >= 0.3 is 0 Å². The summed E-state index contributed by atoms with van der Waals surface area (Å²) in [5.41, 5.74) is 1.39. The van der Waals surface area contributed by atoms with Crippen LogP contribution in [0, 0.1) is 5.92 Å². The lowest BCUT2D eigenvalue weighted by molar-refractivity contribution is 0.251. The van der Waals surface area contributed by atoms with E-state index in [2.05, 4.69) is 57.3 Å². The molecule has 2 atom stereocenters. The molecule has 1 rings (SSSR count). The van der Waals surface area contributed by atoms with E-state index < -0.39 is 0 Å². The van der Waals surface area contributed by atoms with Crippen molar-refractivity contribution in [2.75, 3.05) is 13.2 Å². The molecule has 0 fully saturated rings. The smallest absolute Gasteiger partial charge is 0.119 e. The fourth-order valence-electron chi connectivity index (χ4n) is 2.40. The Morgan fingerprint density at radius 2 is 1.75 bits per heavy atom. The van der Waals surface area contributed by atoms with E-state index in [-0.39, 0.29) is 0 Å². The molecule has 0 saturated carbocycles. The topological polar surface area (TPSA) is 21.3 Å². The van der Waals surface area contributed by atoms with Crippen molar-refractivity contribution in [2.45, 2.75) is 59.4 Å². The van der Waals surface area contributed by atoms with Crippen LogP contribution in [0.15, 0.2) is 24.3 Å². The summed E-state index contributed by atoms with van der Waals surface area (Å²) in [6.07, 6.45) is 4.77. The van der Waals surface area contributed by atoms with Gasteiger partial charge in [-0.25, -0.2) is 0 Å². The molecule has 2 heteroatoms. The molecule has 1 aromatic carbocycles. The highest BCUT2D eigenvalue weighted by atomic mass is 16.5. The maximum absolute atomic E-state index is 5.83. The van der Waals surface area contributed by atoms with Crippen molar-refractivity contribution in [3.8, 4) is 5.75 Å². The number of rotatable bonds is 10. The third-order valence-corrected chi connectivity index (χ3v) is 3.66. The van der Waals surface area contributed by atoms with Crippen molar-refractivity contribution in [2.24, 2.45) is 5.92 Å². The number of nitrogens with one attached hydrogen (secondary N) is 1. The summed E-state index contributed by atoms with van der Waals surface area (Å²) < 4.78 is 5.83. The van der Waals surface area contributed by atoms with E-state index in [0.29, 0.717) is 12.0 Å². The van der Waals surface area contributed by atoms with Crippen molar-refractivity contribution in [1.82, 2.24) is 5.32 Å². The van der Waals surface area contributed by atoms with Crippen molar-refractivity contribution < 1.29 is 4.74 Å². The number of hydrogen-bond acceptors (Lipinski definition) is 2. The third-order valence-electron chi connectivity index (χ3n) is 3.66. The monoisotopic (exact) mass is 277 g/mol. The van der Waals surface area contributed by atoms with Crippen LogP contribution in [0.3, 0.4) is 0 Å². The van der Waals surface area contributed by atoms with Gasteiger partial charge < -0.3 is 10.1 Å². The molecule has 0 heterocycles. The predicted octanol–water partition coefficient (Wildman–Crippen LogP) is 4.43. The number of ether oxygens (including phenoxy) is 1. The Morgan fingerprint density at radius 3 is 2.35 bits per heavy atom. The van der Waals surface area contributed by atoms with Gasteiger partial charge in [0, 0.05) is 6.04 Å². The molecule has 20 heavy (non-hydrogen) atoms. The molecule has 0 bridgehead atoms. The highest BCUT2D eigenvalue weighted by Crippen LogP contribution is 2.16. The van der Waals surface area contributed by atoms with Crippen LogP contribution >= 0.6 is 0 Å². The van der Waals surface area contributed by atoms with Crippen LogP contribution in [0.5, 0.6) is 5.75 Å². The van der Waals surface area contributed by atoms with Crippen molar-refractivity contribution in [3.05, 3.63) is 29.8 Å². The summed E-state index contributed by atoms with van der Waals surface area (Å²) in [4.78, 5) is 0. The minimum absolute atomic E-state index is 0.589. The van der Waals surface area contributed by atoms with E-state index in [1.54, 1.807) is 0 Å². The molecular weight excluding hydrogens is 246 g/mol. The molecule has 0 amide bonds. The van der Waals surface area contributed by atoms with Crippen LogP contribution in [-0.2, 0) is 6.42 Å². The fraction of sp³-hybridized carbons (Fsp3) is 0.667. The Morgan fingerprint density at radius 1 is 1.05 bits per heavy atom. The maximum Gasteiger partial charge on any atom is 0.119 e. The van der Waals surface area contributed by atoms with Gasteiger partial charge in [-0.2, -0.15) is 0 Å². The average Bonchev–Trinajstić information content (AvgIpc) is 2.45. The molecule has 0 spiro atoms. The Hall–Kier alpha value is -1.02. The van der Waals surface area contributed by atoms with Crippen LogP contribution < -0.4 is 10.1 Å². The summed E-state index contributed by atoms with van der Waals surface area (Å²) in [5.74, 6) is 1.64. The van der Waals surface area contributed by atoms with Gasteiger partial charge in [0.05, 0.1) is 6.61 Å². The van der Waals surface area contributed by atoms with Gasteiger partial charge in [0.2, 0.25) is 0 Å². The first-order valence-corrected chi connectivity index (χ1v) is 8.10. The first-order chi connectivity index (χ1) is 9.65. The van der Waals surface area contributed by atoms with E-state index >= 15 is 0 Å². The maximum atomic E-state index is 5.83. The zero-order valence-corrected chi connectivity index (χ0v) is 13.6. The summed E-state index contributed by atoms with van der Waals surface area (Å²) in [6.45, 7) is 10.7. The normalized spacial score (nSPS) is 14.0. The van der Waals surface area contributed by atoms with Gasteiger partial charge in [0.15, 0.2) is 0 Å². The minimum atomic E-state index is 0.589. The van der Waals surface area contributed by atoms with Gasteiger partial charge in [-0.1, -0.05) is 39.3 Å². The molecule has 0 radical (unpaired) electrons. The van der Waals surface area contributed by atoms with Crippen LogP contribution in [0.1, 0.15) is 52.5 Å². The molecular formula is C18H31NO. The van der Waals surface area contributed by atoms with Gasteiger partial charge in [-0.3, -0.25) is 0 Å². The van der Waals surface area contributed by atoms with E-state index in [9.17, 15) is 0 Å². The Balaban J connectivity index is 2.32. The second-order valence-electron chi connectivity index (χ2n) is 5.85. The molecule has 1 aromatic rings. The molecule has 0 saturated heterocycles. The van der Waals surface area contributed by atoms with E-state index in [4.69, 9.17) is 4.74 Å². The van der Waals surface area contributed by atoms with Crippen molar-refractivity contribution in [3.63, 3.8) is 0 Å². The molecule has 0 aromatic heterocycles. The lowest BCUT2D eigenvalue weighted by Crippen LogP contribution is -2.25. The fourth-order valence-corrected chi connectivity index (χ4v) is 2.40. The molecule has 114 valence electrons. The van der Waals surface area contributed by atoms with Gasteiger partial charge in [0.1, 0.15) is 5.75 Å². The van der Waals surface area contributed by atoms with E-state index in [1.807, 2.05) is 0 Å². The van der Waals surface area contributed by atoms with Crippen LogP contribution in [0.2, 0.25) is 0 Å². The van der Waals surface area contributed by atoms with Gasteiger partial charge in [-0.05, 0) is 56.3 Å². The summed E-state index contributed by atoms with van der Waals surface area (Å²) in [5, 5.41) is 3.45. The standard InChI is InChI=1S/C18H31NO/c1-5-7-15(3)14-20-18-12-10-17(11-13-18)9-8-16(4)19-6-2/h10-13,15-16,19H,5-9,14H2,1-4H3. The zero-order valence-electron chi connectivity index (χ0n) is 13.6. The van der Waals surface area contributed by atoms with Crippen LogP contribution in [-0.4, -0.2) is 19.2 Å².